The molecule has 0 spiro atoms. The molecule has 32 heavy (non-hydrogen) atoms. The molecular formula is C23H21N3O5S. The average Bonchev–Trinajstić information content (AvgIpc) is 2.77. The summed E-state index contributed by atoms with van der Waals surface area (Å²) >= 11 is -1.67. The summed E-state index contributed by atoms with van der Waals surface area (Å²) in [5.41, 5.74) is 6.82. The van der Waals surface area contributed by atoms with Crippen LogP contribution in [0.15, 0.2) is 83.8 Å². The van der Waals surface area contributed by atoms with Gasteiger partial charge < -0.3 is 26.0 Å². The fourth-order valence-corrected chi connectivity index (χ4v) is 4.57. The topological polar surface area (TPSA) is 145 Å². The Balaban J connectivity index is 1.80. The minimum absolute atomic E-state index is 0.288. The number of amides is 3. The molecule has 0 fully saturated rings. The molecule has 0 aromatic heterocycles. The fraction of sp³-hybridized carbons (Fsp3) is 0.0870. The Labute approximate surface area is 187 Å². The number of nitrogens with two attached hydrogens (primary N) is 1. The van der Waals surface area contributed by atoms with Crippen molar-refractivity contribution in [2.75, 3.05) is 10.6 Å². The van der Waals surface area contributed by atoms with Gasteiger partial charge in [-0.05, 0) is 41.5 Å². The molecule has 0 aliphatic heterocycles. The quantitative estimate of drug-likeness (QED) is 0.385. The summed E-state index contributed by atoms with van der Waals surface area (Å²) in [6.07, 6.45) is -0.299. The number of benzene rings is 3. The first kappa shape index (κ1) is 22.9. The Bertz CT molecular complexity index is 1120. The van der Waals surface area contributed by atoms with Gasteiger partial charge in [0, 0.05) is 28.6 Å². The van der Waals surface area contributed by atoms with Crippen LogP contribution in [0.1, 0.15) is 27.6 Å². The Hall–Kier alpha value is -3.82. The summed E-state index contributed by atoms with van der Waals surface area (Å²) in [6, 6.07) is 20.8. The SMILES string of the molecule is NC(=O)Nc1cccc(C(=O)Nc2cccc([S+]([O-])C(CC(=O)O)c3ccccc3)c2)c1. The van der Waals surface area contributed by atoms with Crippen LogP contribution < -0.4 is 16.4 Å². The largest absolute Gasteiger partial charge is 0.611 e. The summed E-state index contributed by atoms with van der Waals surface area (Å²) in [5, 5.41) is 13.7. The van der Waals surface area contributed by atoms with Crippen LogP contribution in [0.25, 0.3) is 0 Å². The highest BCUT2D eigenvalue weighted by molar-refractivity contribution is 7.91. The van der Waals surface area contributed by atoms with Crippen LogP contribution >= 0.6 is 0 Å². The van der Waals surface area contributed by atoms with Crippen LogP contribution in [0.2, 0.25) is 0 Å². The first-order chi connectivity index (χ1) is 15.3. The van der Waals surface area contributed by atoms with Crippen LogP contribution in [0.4, 0.5) is 16.2 Å². The van der Waals surface area contributed by atoms with Crippen molar-refractivity contribution in [3.63, 3.8) is 0 Å². The first-order valence-corrected chi connectivity index (χ1v) is 10.8. The number of anilines is 2. The monoisotopic (exact) mass is 451 g/mol. The summed E-state index contributed by atoms with van der Waals surface area (Å²) < 4.78 is 13.2. The molecule has 0 bridgehead atoms. The van der Waals surface area contributed by atoms with Crippen LogP contribution in [-0.4, -0.2) is 27.6 Å². The van der Waals surface area contributed by atoms with Crippen molar-refractivity contribution < 1.29 is 24.0 Å². The molecule has 0 aliphatic rings. The maximum atomic E-state index is 13.2. The molecule has 5 N–H and O–H groups in total. The van der Waals surface area contributed by atoms with Crippen molar-refractivity contribution in [3.8, 4) is 0 Å². The number of aliphatic carboxylic acids is 1. The highest BCUT2D eigenvalue weighted by atomic mass is 32.2. The summed E-state index contributed by atoms with van der Waals surface area (Å²) in [6.45, 7) is 0. The molecule has 2 unspecified atom stereocenters. The zero-order valence-corrected chi connectivity index (χ0v) is 17.7. The van der Waals surface area contributed by atoms with E-state index in [0.717, 1.165) is 0 Å². The Kier molecular flexibility index (Phi) is 7.48. The maximum Gasteiger partial charge on any atom is 0.316 e. The van der Waals surface area contributed by atoms with Gasteiger partial charge in [-0.3, -0.25) is 9.59 Å². The predicted molar refractivity (Wildman–Crippen MR) is 122 cm³/mol. The molecule has 8 nitrogen and oxygen atoms in total. The van der Waals surface area contributed by atoms with E-state index in [9.17, 15) is 24.0 Å². The molecule has 2 atom stereocenters. The van der Waals surface area contributed by atoms with E-state index >= 15 is 0 Å². The molecule has 3 aromatic carbocycles. The number of carbonyl (C=O) groups excluding carboxylic acids is 2. The van der Waals surface area contributed by atoms with Crippen molar-refractivity contribution in [2.24, 2.45) is 5.73 Å². The molecule has 3 amide bonds. The predicted octanol–water partition coefficient (Wildman–Crippen LogP) is 3.75. The molecule has 3 aromatic rings. The number of carboxylic acids is 1. The maximum absolute atomic E-state index is 13.2. The zero-order valence-electron chi connectivity index (χ0n) is 16.9. The summed E-state index contributed by atoms with van der Waals surface area (Å²) in [5.74, 6) is -1.49. The molecule has 3 rings (SSSR count). The van der Waals surface area contributed by atoms with Crippen molar-refractivity contribution >= 4 is 40.5 Å². The highest BCUT2D eigenvalue weighted by Crippen LogP contribution is 2.33. The van der Waals surface area contributed by atoms with Gasteiger partial charge in [-0.15, -0.1) is 0 Å². The average molecular weight is 452 g/mol. The number of hydrogen-bond donors (Lipinski definition) is 4. The lowest BCUT2D eigenvalue weighted by Crippen LogP contribution is -2.20. The van der Waals surface area contributed by atoms with Gasteiger partial charge in [-0.2, -0.15) is 0 Å². The van der Waals surface area contributed by atoms with Gasteiger partial charge in [0.2, 0.25) is 0 Å². The lowest BCUT2D eigenvalue weighted by Gasteiger charge is -2.21. The van der Waals surface area contributed by atoms with Gasteiger partial charge in [0.25, 0.3) is 5.91 Å². The Morgan fingerprint density at radius 3 is 2.22 bits per heavy atom. The molecule has 0 heterocycles. The van der Waals surface area contributed by atoms with E-state index in [1.807, 2.05) is 0 Å². The van der Waals surface area contributed by atoms with Gasteiger partial charge in [-0.25, -0.2) is 4.79 Å². The van der Waals surface area contributed by atoms with E-state index in [1.165, 1.54) is 6.07 Å². The van der Waals surface area contributed by atoms with E-state index in [0.29, 0.717) is 21.8 Å². The fourth-order valence-electron chi connectivity index (χ4n) is 3.09. The first-order valence-electron chi connectivity index (χ1n) is 9.59. The van der Waals surface area contributed by atoms with Crippen LogP contribution in [0.3, 0.4) is 0 Å². The Morgan fingerprint density at radius 1 is 0.906 bits per heavy atom. The standard InChI is InChI=1S/C23H21N3O5S/c24-23(30)26-17-9-4-8-16(12-17)22(29)25-18-10-5-11-19(13-18)32(31)20(14-21(27)28)15-6-2-1-3-7-15/h1-13,20H,14H2,(H,25,29)(H,27,28)(H3,24,26,30). The highest BCUT2D eigenvalue weighted by Gasteiger charge is 2.29. The third kappa shape index (κ3) is 6.10. The number of nitrogens with one attached hydrogen (secondary N) is 2. The second kappa shape index (κ2) is 10.5. The van der Waals surface area contributed by atoms with Gasteiger partial charge in [0.05, 0.1) is 6.42 Å². The number of carboxylic acid groups (broad SMARTS) is 1. The minimum atomic E-state index is -1.67. The second-order valence-electron chi connectivity index (χ2n) is 6.85. The molecule has 0 radical (unpaired) electrons. The smallest absolute Gasteiger partial charge is 0.316 e. The van der Waals surface area contributed by atoms with Crippen molar-refractivity contribution in [2.45, 2.75) is 16.6 Å². The molecular weight excluding hydrogens is 430 g/mol. The van der Waals surface area contributed by atoms with Crippen molar-refractivity contribution in [1.29, 1.82) is 0 Å². The van der Waals surface area contributed by atoms with E-state index in [4.69, 9.17) is 5.73 Å². The molecule has 0 saturated carbocycles. The number of rotatable bonds is 8. The van der Waals surface area contributed by atoms with E-state index in [1.54, 1.807) is 72.8 Å². The molecule has 9 heteroatoms. The number of carbonyl (C=O) groups is 3. The van der Waals surface area contributed by atoms with E-state index in [2.05, 4.69) is 10.6 Å². The minimum Gasteiger partial charge on any atom is -0.611 e. The lowest BCUT2D eigenvalue weighted by atomic mass is 10.1. The number of hydrogen-bond acceptors (Lipinski definition) is 4. The number of primary amides is 1. The zero-order chi connectivity index (χ0) is 23.1. The molecule has 0 saturated heterocycles. The second-order valence-corrected chi connectivity index (χ2v) is 8.48. The third-order valence-corrected chi connectivity index (χ3v) is 6.18. The Morgan fingerprint density at radius 2 is 1.56 bits per heavy atom. The van der Waals surface area contributed by atoms with E-state index < -0.39 is 34.3 Å². The van der Waals surface area contributed by atoms with Crippen LogP contribution in [0, 0.1) is 0 Å². The van der Waals surface area contributed by atoms with Gasteiger partial charge in [0.15, 0.2) is 10.1 Å². The van der Waals surface area contributed by atoms with E-state index in [-0.39, 0.29) is 12.0 Å². The van der Waals surface area contributed by atoms with Crippen LogP contribution in [-0.2, 0) is 16.0 Å². The normalized spacial score (nSPS) is 12.4. The third-order valence-electron chi connectivity index (χ3n) is 4.51. The number of urea groups is 1. The van der Waals surface area contributed by atoms with Gasteiger partial charge in [-0.1, -0.05) is 42.5 Å². The van der Waals surface area contributed by atoms with Crippen molar-refractivity contribution in [3.05, 3.63) is 90.0 Å². The summed E-state index contributed by atoms with van der Waals surface area (Å²) in [4.78, 5) is 35.4. The van der Waals surface area contributed by atoms with Gasteiger partial charge >= 0.3 is 12.0 Å². The van der Waals surface area contributed by atoms with Crippen molar-refractivity contribution in [1.82, 2.24) is 0 Å². The van der Waals surface area contributed by atoms with Crippen LogP contribution in [0.5, 0.6) is 0 Å². The lowest BCUT2D eigenvalue weighted by molar-refractivity contribution is -0.137. The van der Waals surface area contributed by atoms with Gasteiger partial charge in [0.1, 0.15) is 0 Å². The molecule has 164 valence electrons. The summed E-state index contributed by atoms with van der Waals surface area (Å²) in [7, 11) is 0. The molecule has 0 aliphatic carbocycles.